The van der Waals surface area contributed by atoms with E-state index in [1.165, 1.54) is 0 Å². The van der Waals surface area contributed by atoms with E-state index in [1.54, 1.807) is 15.0 Å². The summed E-state index contributed by atoms with van der Waals surface area (Å²) in [4.78, 5) is 15.3. The van der Waals surface area contributed by atoms with Gasteiger partial charge in [-0.25, -0.2) is 5.90 Å². The van der Waals surface area contributed by atoms with E-state index in [4.69, 9.17) is 10.6 Å². The lowest BCUT2D eigenvalue weighted by Crippen LogP contribution is -2.41. The van der Waals surface area contributed by atoms with Gasteiger partial charge in [0.15, 0.2) is 0 Å². The average molecular weight is 174 g/mol. The van der Waals surface area contributed by atoms with Gasteiger partial charge in [-0.3, -0.25) is 4.79 Å². The van der Waals surface area contributed by atoms with Crippen molar-refractivity contribution in [1.82, 2.24) is 5.32 Å². The molecule has 6 heteroatoms. The van der Waals surface area contributed by atoms with Crippen molar-refractivity contribution in [2.24, 2.45) is 5.90 Å². The fourth-order valence-corrected chi connectivity index (χ4v) is 0.779. The largest absolute Gasteiger partial charge is 0.382 e. The Morgan fingerprint density at radius 1 is 1.67 bits per heavy atom. The number of hydrogen-bond donors (Lipinski definition) is 2. The van der Waals surface area contributed by atoms with Crippen molar-refractivity contribution >= 4 is 13.8 Å². The third-order valence-electron chi connectivity index (χ3n) is 1.35. The molecule has 0 aromatic carbocycles. The average Bonchev–Trinajstić information content (AvgIpc) is 2.05. The van der Waals surface area contributed by atoms with Gasteiger partial charge in [0.1, 0.15) is 7.85 Å². The van der Waals surface area contributed by atoms with Crippen LogP contribution in [0.1, 0.15) is 0 Å². The fraction of sp³-hybridized carbons (Fsp3) is 0.833. The summed E-state index contributed by atoms with van der Waals surface area (Å²) in [7, 11) is 3.34. The van der Waals surface area contributed by atoms with Gasteiger partial charge in [-0.2, -0.15) is 0 Å². The Balaban J connectivity index is 3.68. The van der Waals surface area contributed by atoms with Gasteiger partial charge < -0.3 is 14.9 Å². The van der Waals surface area contributed by atoms with Gasteiger partial charge in [0.2, 0.25) is 5.91 Å². The smallest absolute Gasteiger partial charge is 0.212 e. The second-order valence-electron chi connectivity index (χ2n) is 2.41. The molecule has 70 valence electrons. The van der Waals surface area contributed by atoms with Crippen molar-refractivity contribution in [2.45, 2.75) is 12.4 Å². The number of hydrogen-bond acceptors (Lipinski definition) is 4. The molecule has 1 amide bonds. The number of ether oxygens (including phenoxy) is 1. The minimum absolute atomic E-state index is 0.0332. The molecule has 0 aliphatic rings. The summed E-state index contributed by atoms with van der Waals surface area (Å²) in [5, 5.41) is 2.70. The molecule has 0 aliphatic heterocycles. The first-order valence-electron chi connectivity index (χ1n) is 3.84. The maximum absolute atomic E-state index is 10.9. The monoisotopic (exact) mass is 174 g/mol. The summed E-state index contributed by atoms with van der Waals surface area (Å²) in [6.45, 7) is 0.669. The Labute approximate surface area is 72.9 Å². The highest BCUT2D eigenvalue weighted by molar-refractivity contribution is 6.19. The first-order valence-corrected chi connectivity index (χ1v) is 3.84. The summed E-state index contributed by atoms with van der Waals surface area (Å²) >= 11 is 0. The van der Waals surface area contributed by atoms with Crippen molar-refractivity contribution < 1.29 is 14.4 Å². The maximum Gasteiger partial charge on any atom is 0.212 e. The van der Waals surface area contributed by atoms with Gasteiger partial charge in [-0.15, -0.1) is 0 Å². The van der Waals surface area contributed by atoms with Gasteiger partial charge in [0.05, 0.1) is 19.3 Å². The third-order valence-corrected chi connectivity index (χ3v) is 1.35. The molecule has 0 saturated carbocycles. The predicted molar refractivity (Wildman–Crippen MR) is 47.3 cm³/mol. The van der Waals surface area contributed by atoms with Crippen LogP contribution in [0.5, 0.6) is 0 Å². The summed E-state index contributed by atoms with van der Waals surface area (Å²) in [6, 6.07) is -0.160. The number of nitrogens with two attached hydrogens (primary N) is 1. The minimum atomic E-state index is -0.160. The topological polar surface area (TPSA) is 73.6 Å². The van der Waals surface area contributed by atoms with Gasteiger partial charge in [-0.05, 0) is 6.32 Å². The van der Waals surface area contributed by atoms with E-state index < -0.39 is 0 Å². The van der Waals surface area contributed by atoms with Crippen molar-refractivity contribution in [3.8, 4) is 0 Å². The molecule has 0 radical (unpaired) electrons. The Hall–Kier alpha value is -0.585. The summed E-state index contributed by atoms with van der Waals surface area (Å²) < 4.78 is 4.85. The first kappa shape index (κ1) is 11.4. The predicted octanol–water partition coefficient (Wildman–Crippen LogP) is -1.94. The normalized spacial score (nSPS) is 12.5. The number of nitrogens with one attached hydrogen (secondary N) is 1. The highest BCUT2D eigenvalue weighted by atomic mass is 16.6. The molecule has 0 heterocycles. The Kier molecular flexibility index (Phi) is 6.74. The van der Waals surface area contributed by atoms with Gasteiger partial charge in [0.25, 0.3) is 0 Å². The number of amides is 1. The van der Waals surface area contributed by atoms with Crippen LogP contribution in [0.15, 0.2) is 0 Å². The minimum Gasteiger partial charge on any atom is -0.382 e. The lowest BCUT2D eigenvalue weighted by Gasteiger charge is -2.15. The van der Waals surface area contributed by atoms with Crippen molar-refractivity contribution in [3.63, 3.8) is 0 Å². The third kappa shape index (κ3) is 5.12. The van der Waals surface area contributed by atoms with E-state index in [-0.39, 0.29) is 18.6 Å². The van der Waals surface area contributed by atoms with Crippen LogP contribution in [-0.2, 0) is 14.4 Å². The van der Waals surface area contributed by atoms with E-state index in [2.05, 4.69) is 10.2 Å². The summed E-state index contributed by atoms with van der Waals surface area (Å²) in [5.41, 5.74) is 0. The lowest BCUT2D eigenvalue weighted by atomic mass is 10.0. The van der Waals surface area contributed by atoms with Crippen LogP contribution >= 0.6 is 0 Å². The molecule has 0 aliphatic carbocycles. The molecule has 0 fully saturated rings. The molecule has 0 rings (SSSR count). The van der Waals surface area contributed by atoms with E-state index in [9.17, 15) is 4.79 Å². The summed E-state index contributed by atoms with van der Waals surface area (Å²) in [6.07, 6.45) is 0.449. The molecule has 3 N–H and O–H groups in total. The standard InChI is InChI=1S/C6H15BN2O3/c1-11-3-5(4-12-8)9-6(10)2-7/h5H,2-4,7-8H2,1H3,(H,9,10). The van der Waals surface area contributed by atoms with Crippen LogP contribution in [-0.4, -0.2) is 40.1 Å². The van der Waals surface area contributed by atoms with Crippen LogP contribution in [0, 0.1) is 0 Å². The van der Waals surface area contributed by atoms with Crippen LogP contribution < -0.4 is 11.2 Å². The second kappa shape index (κ2) is 7.09. The Morgan fingerprint density at radius 2 is 2.33 bits per heavy atom. The van der Waals surface area contributed by atoms with Crippen LogP contribution in [0.3, 0.4) is 0 Å². The Bertz CT molecular complexity index is 128. The van der Waals surface area contributed by atoms with Gasteiger partial charge in [-0.1, -0.05) is 0 Å². The van der Waals surface area contributed by atoms with E-state index in [0.29, 0.717) is 12.9 Å². The highest BCUT2D eigenvalue weighted by Gasteiger charge is 2.09. The molecule has 0 spiro atoms. The lowest BCUT2D eigenvalue weighted by molar-refractivity contribution is -0.120. The SMILES string of the molecule is BCC(=O)NC(COC)CON. The van der Waals surface area contributed by atoms with Gasteiger partial charge >= 0.3 is 0 Å². The first-order chi connectivity index (χ1) is 5.74. The van der Waals surface area contributed by atoms with E-state index >= 15 is 0 Å². The molecule has 0 saturated heterocycles. The van der Waals surface area contributed by atoms with Gasteiger partial charge in [0, 0.05) is 7.11 Å². The number of carbonyl (C=O) groups is 1. The molecule has 1 atom stereocenters. The molecule has 5 nitrogen and oxygen atoms in total. The highest BCUT2D eigenvalue weighted by Crippen LogP contribution is 1.86. The molecule has 12 heavy (non-hydrogen) atoms. The number of carbonyl (C=O) groups excluding carboxylic acids is 1. The van der Waals surface area contributed by atoms with E-state index in [0.717, 1.165) is 0 Å². The summed E-state index contributed by atoms with van der Waals surface area (Å²) in [5.74, 6) is 4.84. The second-order valence-corrected chi connectivity index (χ2v) is 2.41. The van der Waals surface area contributed by atoms with Crippen molar-refractivity contribution in [2.75, 3.05) is 20.3 Å². The van der Waals surface area contributed by atoms with Crippen LogP contribution in [0.25, 0.3) is 0 Å². The van der Waals surface area contributed by atoms with Crippen LogP contribution in [0.2, 0.25) is 6.32 Å². The number of methoxy groups -OCH3 is 1. The Morgan fingerprint density at radius 3 is 2.75 bits per heavy atom. The zero-order valence-corrected chi connectivity index (χ0v) is 7.50. The van der Waals surface area contributed by atoms with Crippen LogP contribution in [0.4, 0.5) is 0 Å². The molecule has 0 aromatic rings. The zero-order chi connectivity index (χ0) is 9.40. The molecule has 0 bridgehead atoms. The molecule has 1 unspecified atom stereocenters. The molecular formula is C6H15BN2O3. The van der Waals surface area contributed by atoms with Crippen molar-refractivity contribution in [1.29, 1.82) is 0 Å². The number of rotatable bonds is 6. The van der Waals surface area contributed by atoms with E-state index in [1.807, 2.05) is 0 Å². The van der Waals surface area contributed by atoms with Crippen molar-refractivity contribution in [3.05, 3.63) is 0 Å². The quantitative estimate of drug-likeness (QED) is 0.363. The molecular weight excluding hydrogens is 159 g/mol. The fourth-order valence-electron chi connectivity index (χ4n) is 0.779. The maximum atomic E-state index is 10.9. The zero-order valence-electron chi connectivity index (χ0n) is 7.50. The molecule has 0 aromatic heterocycles.